The van der Waals surface area contributed by atoms with Gasteiger partial charge in [0.05, 0.1) is 17.0 Å². The van der Waals surface area contributed by atoms with Crippen LogP contribution in [-0.2, 0) is 20.8 Å². The normalized spacial score (nSPS) is 15.8. The van der Waals surface area contributed by atoms with E-state index >= 15 is 0 Å². The molecule has 1 saturated heterocycles. The number of hydrogen-bond donors (Lipinski definition) is 4. The highest BCUT2D eigenvalue weighted by Crippen LogP contribution is 2.20. The number of nitrogen functional groups attached to an aromatic ring is 1. The summed E-state index contributed by atoms with van der Waals surface area (Å²) in [7, 11) is 0. The van der Waals surface area contributed by atoms with E-state index in [1.54, 1.807) is 18.2 Å². The van der Waals surface area contributed by atoms with Gasteiger partial charge in [0.2, 0.25) is 11.8 Å². The molecule has 35 heavy (non-hydrogen) atoms. The third-order valence-electron chi connectivity index (χ3n) is 5.66. The Kier molecular flexibility index (Phi) is 7.97. The number of para-hydroxylation sites is 1. The molecule has 2 aromatic rings. The number of nitro groups is 1. The molecule has 12 heteroatoms. The van der Waals surface area contributed by atoms with Crippen molar-refractivity contribution in [1.29, 1.82) is 0 Å². The van der Waals surface area contributed by atoms with E-state index in [1.807, 2.05) is 0 Å². The van der Waals surface area contributed by atoms with E-state index < -0.39 is 47.2 Å². The minimum Gasteiger partial charge on any atom is -0.480 e. The molecule has 0 aliphatic carbocycles. The molecule has 184 valence electrons. The van der Waals surface area contributed by atoms with Crippen LogP contribution in [0.15, 0.2) is 48.5 Å². The Hall–Kier alpha value is -4.48. The molecule has 1 aliphatic heterocycles. The number of anilines is 1. The zero-order valence-electron chi connectivity index (χ0n) is 18.7. The van der Waals surface area contributed by atoms with Crippen LogP contribution >= 0.6 is 0 Å². The zero-order chi connectivity index (χ0) is 25.5. The lowest BCUT2D eigenvalue weighted by Gasteiger charge is -2.27. The first-order valence-corrected chi connectivity index (χ1v) is 10.9. The van der Waals surface area contributed by atoms with Crippen LogP contribution in [0.5, 0.6) is 0 Å². The van der Waals surface area contributed by atoms with Crippen molar-refractivity contribution in [3.05, 3.63) is 69.8 Å². The maximum atomic E-state index is 13.2. The number of nitrogens with zero attached hydrogens (tertiary/aromatic N) is 2. The van der Waals surface area contributed by atoms with E-state index in [4.69, 9.17) is 5.73 Å². The number of nitrogens with one attached hydrogen (secondary N) is 2. The number of nitro benzene ring substituents is 1. The van der Waals surface area contributed by atoms with Crippen LogP contribution in [0.1, 0.15) is 28.8 Å². The van der Waals surface area contributed by atoms with Crippen LogP contribution < -0.4 is 16.4 Å². The van der Waals surface area contributed by atoms with Crippen molar-refractivity contribution >= 4 is 35.1 Å². The minimum absolute atomic E-state index is 0.0228. The van der Waals surface area contributed by atoms with Gasteiger partial charge in [0, 0.05) is 30.8 Å². The Morgan fingerprint density at radius 2 is 1.83 bits per heavy atom. The average molecular weight is 483 g/mol. The van der Waals surface area contributed by atoms with Gasteiger partial charge in [-0.1, -0.05) is 24.3 Å². The van der Waals surface area contributed by atoms with E-state index in [9.17, 15) is 34.4 Å². The number of aliphatic carboxylic acids is 1. The summed E-state index contributed by atoms with van der Waals surface area (Å²) in [4.78, 5) is 61.3. The van der Waals surface area contributed by atoms with Gasteiger partial charge in [0.25, 0.3) is 11.6 Å². The van der Waals surface area contributed by atoms with E-state index in [0.717, 1.165) is 0 Å². The lowest BCUT2D eigenvalue weighted by atomic mass is 10.0. The molecule has 0 saturated carbocycles. The smallest absolute Gasteiger partial charge is 0.326 e. The summed E-state index contributed by atoms with van der Waals surface area (Å²) < 4.78 is 0. The monoisotopic (exact) mass is 483 g/mol. The van der Waals surface area contributed by atoms with Gasteiger partial charge >= 0.3 is 5.97 Å². The fraction of sp³-hybridized carbons (Fsp3) is 0.304. The highest BCUT2D eigenvalue weighted by Gasteiger charge is 2.37. The van der Waals surface area contributed by atoms with Gasteiger partial charge in [0.1, 0.15) is 12.1 Å². The summed E-state index contributed by atoms with van der Waals surface area (Å²) in [6.07, 6.45) is 0.786. The van der Waals surface area contributed by atoms with Crippen molar-refractivity contribution in [2.24, 2.45) is 0 Å². The van der Waals surface area contributed by atoms with Crippen molar-refractivity contribution < 1.29 is 29.2 Å². The average Bonchev–Trinajstić information content (AvgIpc) is 3.33. The van der Waals surface area contributed by atoms with Crippen molar-refractivity contribution in [3.63, 3.8) is 0 Å². The number of rotatable bonds is 9. The van der Waals surface area contributed by atoms with Gasteiger partial charge in [-0.3, -0.25) is 24.5 Å². The highest BCUT2D eigenvalue weighted by atomic mass is 16.6. The zero-order valence-corrected chi connectivity index (χ0v) is 18.7. The molecule has 0 spiro atoms. The molecule has 0 unspecified atom stereocenters. The number of carboxylic acid groups (broad SMARTS) is 1. The Morgan fingerprint density at radius 3 is 2.46 bits per heavy atom. The SMILES string of the molecule is Nc1ccccc1C(=O)NCC(=O)N[C@@H](Cc1ccc([N+](=O)[O-])cc1)C(=O)N1CCC[C@@H]1C(=O)O. The Morgan fingerprint density at radius 1 is 1.14 bits per heavy atom. The Balaban J connectivity index is 1.72. The predicted molar refractivity (Wildman–Crippen MR) is 124 cm³/mol. The van der Waals surface area contributed by atoms with E-state index in [2.05, 4.69) is 10.6 Å². The number of carboxylic acids is 1. The van der Waals surface area contributed by atoms with Crippen LogP contribution in [0.3, 0.4) is 0 Å². The van der Waals surface area contributed by atoms with Crippen LogP contribution in [0.4, 0.5) is 11.4 Å². The second-order valence-corrected chi connectivity index (χ2v) is 8.05. The molecule has 2 aromatic carbocycles. The van der Waals surface area contributed by atoms with E-state index in [0.29, 0.717) is 18.4 Å². The number of carbonyl (C=O) groups is 4. The summed E-state index contributed by atoms with van der Waals surface area (Å²) in [6.45, 7) is -0.216. The lowest BCUT2D eigenvalue weighted by Crippen LogP contribution is -2.54. The molecular weight excluding hydrogens is 458 g/mol. The fourth-order valence-corrected chi connectivity index (χ4v) is 3.88. The summed E-state index contributed by atoms with van der Waals surface area (Å²) in [5.41, 5.74) is 6.60. The van der Waals surface area contributed by atoms with Crippen LogP contribution in [-0.4, -0.2) is 63.8 Å². The molecule has 2 atom stereocenters. The number of carbonyl (C=O) groups excluding carboxylic acids is 3. The highest BCUT2D eigenvalue weighted by molar-refractivity contribution is 6.01. The summed E-state index contributed by atoms with van der Waals surface area (Å²) >= 11 is 0. The molecule has 3 rings (SSSR count). The fourth-order valence-electron chi connectivity index (χ4n) is 3.88. The lowest BCUT2D eigenvalue weighted by molar-refractivity contribution is -0.384. The Labute approximate surface area is 200 Å². The first-order valence-electron chi connectivity index (χ1n) is 10.9. The van der Waals surface area contributed by atoms with Crippen molar-refractivity contribution in [1.82, 2.24) is 15.5 Å². The molecule has 0 bridgehead atoms. The van der Waals surface area contributed by atoms with Gasteiger partial charge in [-0.2, -0.15) is 0 Å². The number of likely N-dealkylation sites (tertiary alicyclic amines) is 1. The van der Waals surface area contributed by atoms with Crippen molar-refractivity contribution in [2.75, 3.05) is 18.8 Å². The van der Waals surface area contributed by atoms with Crippen LogP contribution in [0, 0.1) is 10.1 Å². The maximum absolute atomic E-state index is 13.2. The first-order chi connectivity index (χ1) is 16.7. The minimum atomic E-state index is -1.14. The third-order valence-corrected chi connectivity index (χ3v) is 5.66. The quantitative estimate of drug-likeness (QED) is 0.228. The van der Waals surface area contributed by atoms with Crippen molar-refractivity contribution in [2.45, 2.75) is 31.3 Å². The largest absolute Gasteiger partial charge is 0.480 e. The maximum Gasteiger partial charge on any atom is 0.326 e. The van der Waals surface area contributed by atoms with E-state index in [1.165, 1.54) is 35.2 Å². The molecule has 0 radical (unpaired) electrons. The second kappa shape index (κ2) is 11.1. The molecule has 0 aromatic heterocycles. The van der Waals surface area contributed by atoms with Gasteiger partial charge in [0.15, 0.2) is 0 Å². The van der Waals surface area contributed by atoms with Crippen LogP contribution in [0.25, 0.3) is 0 Å². The van der Waals surface area contributed by atoms with Crippen LogP contribution in [0.2, 0.25) is 0 Å². The topological polar surface area (TPSA) is 185 Å². The standard InChI is InChI=1S/C23H25N5O7/c24-17-5-2-1-4-16(17)21(30)25-13-20(29)26-18(12-14-7-9-15(10-8-14)28(34)35)22(31)27-11-3-6-19(27)23(32)33/h1-2,4-5,7-10,18-19H,3,6,11-13,24H2,(H,25,30)(H,26,29)(H,32,33)/t18-,19+/m0/s1. The summed E-state index contributed by atoms with van der Waals surface area (Å²) in [6, 6.07) is 9.67. The second-order valence-electron chi connectivity index (χ2n) is 8.05. The number of amides is 3. The van der Waals surface area contributed by atoms with Gasteiger partial charge in [-0.15, -0.1) is 0 Å². The first kappa shape index (κ1) is 25.1. The predicted octanol–water partition coefficient (Wildman–Crippen LogP) is 0.710. The third kappa shape index (κ3) is 6.31. The molecule has 3 amide bonds. The molecule has 5 N–H and O–H groups in total. The summed E-state index contributed by atoms with van der Waals surface area (Å²) in [5.74, 6) is -2.95. The molecular formula is C23H25N5O7. The number of non-ortho nitro benzene ring substituents is 1. The molecule has 1 fully saturated rings. The number of nitrogens with two attached hydrogens (primary N) is 1. The van der Waals surface area contributed by atoms with Gasteiger partial charge < -0.3 is 26.4 Å². The van der Waals surface area contributed by atoms with E-state index in [-0.39, 0.29) is 29.9 Å². The Bertz CT molecular complexity index is 1140. The molecule has 1 heterocycles. The molecule has 12 nitrogen and oxygen atoms in total. The number of benzene rings is 2. The molecule has 1 aliphatic rings. The number of hydrogen-bond acceptors (Lipinski definition) is 7. The van der Waals surface area contributed by atoms with Gasteiger partial charge in [-0.05, 0) is 30.5 Å². The van der Waals surface area contributed by atoms with Gasteiger partial charge in [-0.25, -0.2) is 4.79 Å². The summed E-state index contributed by atoms with van der Waals surface area (Å²) in [5, 5.41) is 25.3. The van der Waals surface area contributed by atoms with Crippen molar-refractivity contribution in [3.8, 4) is 0 Å².